The zero-order chi connectivity index (χ0) is 14.7. The van der Waals surface area contributed by atoms with Crippen molar-refractivity contribution in [2.45, 2.75) is 52.4 Å². The van der Waals surface area contributed by atoms with Crippen LogP contribution >= 0.6 is 15.9 Å². The highest BCUT2D eigenvalue weighted by atomic mass is 79.9. The highest BCUT2D eigenvalue weighted by molar-refractivity contribution is 9.10. The minimum absolute atomic E-state index is 0.298. The van der Waals surface area contributed by atoms with Gasteiger partial charge in [0.05, 0.1) is 12.7 Å². The van der Waals surface area contributed by atoms with Crippen LogP contribution in [-0.2, 0) is 11.3 Å². The standard InChI is InChI=1S/C16H25BrN2O/c1-11(2)18-8-14-5-6-15(7-16(14)17)19-9-13(4)20-10-12(19)3/h5-7,11-13,18H,8-10H2,1-4H3. The zero-order valence-electron chi connectivity index (χ0n) is 12.8. The molecule has 1 fully saturated rings. The Balaban J connectivity index is 2.11. The van der Waals surface area contributed by atoms with Gasteiger partial charge in [0.25, 0.3) is 0 Å². The van der Waals surface area contributed by atoms with Gasteiger partial charge in [-0.05, 0) is 31.5 Å². The van der Waals surface area contributed by atoms with E-state index in [1.807, 2.05) is 0 Å². The first-order valence-corrected chi connectivity index (χ1v) is 8.16. The molecule has 4 heteroatoms. The Labute approximate surface area is 130 Å². The van der Waals surface area contributed by atoms with Gasteiger partial charge in [0.15, 0.2) is 0 Å². The van der Waals surface area contributed by atoms with Crippen molar-refractivity contribution in [1.29, 1.82) is 0 Å². The average molecular weight is 341 g/mol. The Morgan fingerprint density at radius 2 is 2.15 bits per heavy atom. The summed E-state index contributed by atoms with van der Waals surface area (Å²) < 4.78 is 6.87. The van der Waals surface area contributed by atoms with Crippen molar-refractivity contribution in [3.63, 3.8) is 0 Å². The Hall–Kier alpha value is -0.580. The minimum Gasteiger partial charge on any atom is -0.375 e. The second-order valence-corrected chi connectivity index (χ2v) is 6.81. The lowest BCUT2D eigenvalue weighted by molar-refractivity contribution is 0.0344. The lowest BCUT2D eigenvalue weighted by Gasteiger charge is -2.38. The minimum atomic E-state index is 0.298. The molecular formula is C16H25BrN2O. The molecule has 0 amide bonds. The summed E-state index contributed by atoms with van der Waals surface area (Å²) >= 11 is 3.70. The molecule has 1 aliphatic rings. The number of ether oxygens (including phenoxy) is 1. The maximum Gasteiger partial charge on any atom is 0.0723 e. The van der Waals surface area contributed by atoms with Gasteiger partial charge in [0.1, 0.15) is 0 Å². The van der Waals surface area contributed by atoms with Gasteiger partial charge in [-0.25, -0.2) is 0 Å². The summed E-state index contributed by atoms with van der Waals surface area (Å²) in [7, 11) is 0. The van der Waals surface area contributed by atoms with E-state index in [4.69, 9.17) is 4.74 Å². The van der Waals surface area contributed by atoms with Gasteiger partial charge in [0, 0.05) is 35.3 Å². The Morgan fingerprint density at radius 3 is 2.80 bits per heavy atom. The molecule has 0 spiro atoms. The van der Waals surface area contributed by atoms with Crippen LogP contribution in [0.3, 0.4) is 0 Å². The van der Waals surface area contributed by atoms with E-state index in [-0.39, 0.29) is 0 Å². The van der Waals surface area contributed by atoms with Crippen LogP contribution in [0.4, 0.5) is 5.69 Å². The second-order valence-electron chi connectivity index (χ2n) is 5.96. The number of halogens is 1. The molecule has 3 nitrogen and oxygen atoms in total. The fraction of sp³-hybridized carbons (Fsp3) is 0.625. The molecule has 0 bridgehead atoms. The fourth-order valence-electron chi connectivity index (χ4n) is 2.44. The number of nitrogens with zero attached hydrogens (tertiary/aromatic N) is 1. The highest BCUT2D eigenvalue weighted by Gasteiger charge is 2.23. The highest BCUT2D eigenvalue weighted by Crippen LogP contribution is 2.27. The average Bonchev–Trinajstić information content (AvgIpc) is 2.40. The van der Waals surface area contributed by atoms with E-state index in [1.165, 1.54) is 15.7 Å². The van der Waals surface area contributed by atoms with E-state index >= 15 is 0 Å². The smallest absolute Gasteiger partial charge is 0.0723 e. The van der Waals surface area contributed by atoms with E-state index in [9.17, 15) is 0 Å². The summed E-state index contributed by atoms with van der Waals surface area (Å²) in [5.74, 6) is 0. The van der Waals surface area contributed by atoms with Crippen LogP contribution < -0.4 is 10.2 Å². The number of hydrogen-bond donors (Lipinski definition) is 1. The lowest BCUT2D eigenvalue weighted by Crippen LogP contribution is -2.47. The van der Waals surface area contributed by atoms with E-state index in [0.29, 0.717) is 18.2 Å². The molecule has 1 aliphatic heterocycles. The molecule has 0 aliphatic carbocycles. The number of hydrogen-bond acceptors (Lipinski definition) is 3. The quantitative estimate of drug-likeness (QED) is 0.906. The first kappa shape index (κ1) is 15.8. The van der Waals surface area contributed by atoms with Crippen molar-refractivity contribution in [3.8, 4) is 0 Å². The lowest BCUT2D eigenvalue weighted by atomic mass is 10.1. The zero-order valence-corrected chi connectivity index (χ0v) is 14.4. The van der Waals surface area contributed by atoms with Crippen LogP contribution in [0.2, 0.25) is 0 Å². The van der Waals surface area contributed by atoms with Crippen molar-refractivity contribution in [2.24, 2.45) is 0 Å². The number of morpholine rings is 1. The molecule has 2 rings (SSSR count). The molecule has 2 unspecified atom stereocenters. The van der Waals surface area contributed by atoms with Crippen molar-refractivity contribution in [3.05, 3.63) is 28.2 Å². The van der Waals surface area contributed by atoms with Crippen LogP contribution in [0.25, 0.3) is 0 Å². The van der Waals surface area contributed by atoms with Crippen molar-refractivity contribution < 1.29 is 4.74 Å². The van der Waals surface area contributed by atoms with E-state index < -0.39 is 0 Å². The number of rotatable bonds is 4. The van der Waals surface area contributed by atoms with Gasteiger partial charge in [0.2, 0.25) is 0 Å². The van der Waals surface area contributed by atoms with Crippen molar-refractivity contribution >= 4 is 21.6 Å². The number of benzene rings is 1. The molecule has 112 valence electrons. The molecule has 1 saturated heterocycles. The summed E-state index contributed by atoms with van der Waals surface area (Å²) in [5, 5.41) is 3.45. The van der Waals surface area contributed by atoms with Crippen LogP contribution in [0.15, 0.2) is 22.7 Å². The van der Waals surface area contributed by atoms with Crippen LogP contribution in [0.5, 0.6) is 0 Å². The molecule has 0 saturated carbocycles. The van der Waals surface area contributed by atoms with Gasteiger partial charge in [-0.2, -0.15) is 0 Å². The third-order valence-corrected chi connectivity index (χ3v) is 4.42. The summed E-state index contributed by atoms with van der Waals surface area (Å²) in [6.07, 6.45) is 0.298. The molecular weight excluding hydrogens is 316 g/mol. The maximum atomic E-state index is 5.70. The van der Waals surface area contributed by atoms with Crippen LogP contribution in [0, 0.1) is 0 Å². The van der Waals surface area contributed by atoms with Gasteiger partial charge in [-0.1, -0.05) is 35.8 Å². The van der Waals surface area contributed by atoms with E-state index in [1.54, 1.807) is 0 Å². The normalized spacial score (nSPS) is 23.4. The number of nitrogens with one attached hydrogen (secondary N) is 1. The molecule has 20 heavy (non-hydrogen) atoms. The van der Waals surface area contributed by atoms with Gasteiger partial charge < -0.3 is 15.0 Å². The molecule has 1 N–H and O–H groups in total. The largest absolute Gasteiger partial charge is 0.375 e. The third kappa shape index (κ3) is 3.96. The topological polar surface area (TPSA) is 24.5 Å². The molecule has 1 aromatic carbocycles. The van der Waals surface area contributed by atoms with Crippen molar-refractivity contribution in [2.75, 3.05) is 18.1 Å². The first-order valence-electron chi connectivity index (χ1n) is 7.37. The SMILES string of the molecule is CC(C)NCc1ccc(N2CC(C)OCC2C)cc1Br. The third-order valence-electron chi connectivity index (χ3n) is 3.68. The van der Waals surface area contributed by atoms with E-state index in [2.05, 4.69) is 72.0 Å². The van der Waals surface area contributed by atoms with Crippen LogP contribution in [0.1, 0.15) is 33.3 Å². The molecule has 0 aromatic heterocycles. The van der Waals surface area contributed by atoms with Gasteiger partial charge >= 0.3 is 0 Å². The summed E-state index contributed by atoms with van der Waals surface area (Å²) in [4.78, 5) is 2.43. The maximum absolute atomic E-state index is 5.70. The fourth-order valence-corrected chi connectivity index (χ4v) is 2.94. The molecule has 0 radical (unpaired) electrons. The summed E-state index contributed by atoms with van der Waals surface area (Å²) in [6, 6.07) is 7.59. The second kappa shape index (κ2) is 6.92. The van der Waals surface area contributed by atoms with Gasteiger partial charge in [-0.15, -0.1) is 0 Å². The molecule has 1 aromatic rings. The Kier molecular flexibility index (Phi) is 5.47. The van der Waals surface area contributed by atoms with Crippen molar-refractivity contribution in [1.82, 2.24) is 5.32 Å². The predicted octanol–water partition coefficient (Wildman–Crippen LogP) is 3.56. The van der Waals surface area contributed by atoms with Gasteiger partial charge in [-0.3, -0.25) is 0 Å². The Bertz CT molecular complexity index is 450. The molecule has 1 heterocycles. The van der Waals surface area contributed by atoms with Crippen LogP contribution in [-0.4, -0.2) is 31.3 Å². The van der Waals surface area contributed by atoms with E-state index in [0.717, 1.165) is 19.7 Å². The summed E-state index contributed by atoms with van der Waals surface area (Å²) in [6.45, 7) is 11.3. The molecule has 2 atom stereocenters. The first-order chi connectivity index (χ1) is 9.47. The summed E-state index contributed by atoms with van der Waals surface area (Å²) in [5.41, 5.74) is 2.57. The number of anilines is 1. The monoisotopic (exact) mass is 340 g/mol. The Morgan fingerprint density at radius 1 is 1.40 bits per heavy atom. The predicted molar refractivity (Wildman–Crippen MR) is 88.3 cm³/mol.